The molecule has 7 nitrogen and oxygen atoms in total. The second-order valence-electron chi connectivity index (χ2n) is 5.71. The highest BCUT2D eigenvalue weighted by Crippen LogP contribution is 2.33. The lowest BCUT2D eigenvalue weighted by atomic mass is 10.1. The summed E-state index contributed by atoms with van der Waals surface area (Å²) in [5.41, 5.74) is 2.52. The lowest BCUT2D eigenvalue weighted by Gasteiger charge is -2.00. The summed E-state index contributed by atoms with van der Waals surface area (Å²) in [5.74, 6) is 1.78. The van der Waals surface area contributed by atoms with Crippen molar-refractivity contribution < 1.29 is 5.11 Å². The molecule has 23 heavy (non-hydrogen) atoms. The van der Waals surface area contributed by atoms with E-state index < -0.39 is 0 Å². The van der Waals surface area contributed by atoms with Crippen LogP contribution < -0.4 is 5.32 Å². The monoisotopic (exact) mass is 306 g/mol. The van der Waals surface area contributed by atoms with E-state index in [1.807, 2.05) is 0 Å². The van der Waals surface area contributed by atoms with Gasteiger partial charge in [0.1, 0.15) is 11.8 Å². The summed E-state index contributed by atoms with van der Waals surface area (Å²) >= 11 is 0. The molecule has 1 aliphatic carbocycles. The van der Waals surface area contributed by atoms with Crippen molar-refractivity contribution in [1.29, 1.82) is 5.26 Å². The maximum atomic E-state index is 9.98. The molecular weight excluding hydrogens is 292 g/mol. The molecule has 1 fully saturated rings. The molecule has 0 radical (unpaired) electrons. The zero-order valence-corrected chi connectivity index (χ0v) is 12.2. The Hall–Kier alpha value is -3.14. The van der Waals surface area contributed by atoms with Crippen molar-refractivity contribution in [3.63, 3.8) is 0 Å². The molecule has 0 amide bonds. The van der Waals surface area contributed by atoms with E-state index in [-0.39, 0.29) is 5.88 Å². The van der Waals surface area contributed by atoms with Crippen LogP contribution in [0.1, 0.15) is 29.7 Å². The SMILES string of the molecule is N#Cc1cnc2c(c1)C(=Cc1[nH]c(NCC3CC3)nc1O)C=N2. The fourth-order valence-electron chi connectivity index (χ4n) is 2.43. The molecule has 0 bridgehead atoms. The second kappa shape index (κ2) is 5.25. The Morgan fingerprint density at radius 2 is 2.35 bits per heavy atom. The van der Waals surface area contributed by atoms with Crippen molar-refractivity contribution in [2.75, 3.05) is 11.9 Å². The maximum absolute atomic E-state index is 9.98. The van der Waals surface area contributed by atoms with Crippen LogP contribution >= 0.6 is 0 Å². The summed E-state index contributed by atoms with van der Waals surface area (Å²) in [6.07, 6.45) is 7.40. The number of pyridine rings is 1. The number of aromatic nitrogens is 3. The number of allylic oxidation sites excluding steroid dienone is 1. The largest absolute Gasteiger partial charge is 0.492 e. The van der Waals surface area contributed by atoms with E-state index in [9.17, 15) is 5.11 Å². The molecule has 2 aromatic rings. The Morgan fingerprint density at radius 1 is 1.48 bits per heavy atom. The third-order valence-electron chi connectivity index (χ3n) is 3.90. The van der Waals surface area contributed by atoms with E-state index in [2.05, 4.69) is 31.3 Å². The molecule has 3 heterocycles. The van der Waals surface area contributed by atoms with E-state index in [1.54, 1.807) is 18.4 Å². The van der Waals surface area contributed by atoms with Crippen LogP contribution in [-0.2, 0) is 0 Å². The van der Waals surface area contributed by atoms with E-state index in [1.165, 1.54) is 19.0 Å². The summed E-state index contributed by atoms with van der Waals surface area (Å²) in [5, 5.41) is 22.2. The first-order valence-electron chi connectivity index (χ1n) is 7.42. The van der Waals surface area contributed by atoms with Crippen molar-refractivity contribution in [2.45, 2.75) is 12.8 Å². The number of hydrogen-bond donors (Lipinski definition) is 3. The minimum Gasteiger partial charge on any atom is -0.492 e. The van der Waals surface area contributed by atoms with Gasteiger partial charge in [-0.2, -0.15) is 10.2 Å². The quantitative estimate of drug-likeness (QED) is 0.803. The van der Waals surface area contributed by atoms with Crippen LogP contribution in [0, 0.1) is 17.2 Å². The van der Waals surface area contributed by atoms with Crippen LogP contribution in [0.4, 0.5) is 11.8 Å². The number of rotatable bonds is 4. The average Bonchev–Trinajstić information content (AvgIpc) is 3.22. The number of imidazole rings is 1. The standard InChI is InChI=1S/C16H14N6O/c17-5-10-3-12-11(8-19-14(12)18-7-10)4-13-15(23)22-16(21-13)20-6-9-1-2-9/h3-4,7-9,23H,1-2,6H2,(H2,20,21,22). The maximum Gasteiger partial charge on any atom is 0.238 e. The Labute approximate surface area is 132 Å². The minimum atomic E-state index is -0.0676. The Kier molecular flexibility index (Phi) is 3.08. The lowest BCUT2D eigenvalue weighted by molar-refractivity contribution is 0.455. The summed E-state index contributed by atoms with van der Waals surface area (Å²) in [7, 11) is 0. The number of aliphatic imine (C=N–C) groups is 1. The smallest absolute Gasteiger partial charge is 0.238 e. The van der Waals surface area contributed by atoms with Crippen molar-refractivity contribution in [3.8, 4) is 11.9 Å². The minimum absolute atomic E-state index is 0.0676. The van der Waals surface area contributed by atoms with Crippen LogP contribution in [-0.4, -0.2) is 32.8 Å². The van der Waals surface area contributed by atoms with Crippen LogP contribution in [0.15, 0.2) is 17.3 Å². The van der Waals surface area contributed by atoms with E-state index in [4.69, 9.17) is 5.26 Å². The summed E-state index contributed by atoms with van der Waals surface area (Å²) in [6, 6.07) is 3.80. The third kappa shape index (κ3) is 2.66. The van der Waals surface area contributed by atoms with Gasteiger partial charge in [-0.15, -0.1) is 0 Å². The zero-order valence-electron chi connectivity index (χ0n) is 12.2. The topological polar surface area (TPSA) is 110 Å². The van der Waals surface area contributed by atoms with Gasteiger partial charge in [-0.1, -0.05) is 0 Å². The number of nitriles is 1. The zero-order chi connectivity index (χ0) is 15.8. The Morgan fingerprint density at radius 3 is 3.13 bits per heavy atom. The lowest BCUT2D eigenvalue weighted by Crippen LogP contribution is -2.04. The first kappa shape index (κ1) is 13.5. The molecule has 1 saturated carbocycles. The molecule has 2 aliphatic rings. The molecule has 0 spiro atoms. The van der Waals surface area contributed by atoms with Crippen LogP contribution in [0.25, 0.3) is 11.6 Å². The van der Waals surface area contributed by atoms with E-state index in [0.29, 0.717) is 28.9 Å². The van der Waals surface area contributed by atoms with Crippen LogP contribution in [0.2, 0.25) is 0 Å². The molecule has 0 aromatic carbocycles. The van der Waals surface area contributed by atoms with Gasteiger partial charge in [0, 0.05) is 30.1 Å². The van der Waals surface area contributed by atoms with Gasteiger partial charge in [0.25, 0.3) is 0 Å². The number of fused-ring (bicyclic) bond motifs is 1. The number of aromatic amines is 1. The number of anilines is 1. The van der Waals surface area contributed by atoms with Crippen molar-refractivity contribution in [2.24, 2.45) is 10.9 Å². The third-order valence-corrected chi connectivity index (χ3v) is 3.90. The second-order valence-corrected chi connectivity index (χ2v) is 5.71. The van der Waals surface area contributed by atoms with Crippen molar-refractivity contribution in [3.05, 3.63) is 29.1 Å². The van der Waals surface area contributed by atoms with Gasteiger partial charge in [0.15, 0.2) is 5.82 Å². The highest BCUT2D eigenvalue weighted by molar-refractivity contribution is 6.21. The Bertz CT molecular complexity index is 869. The van der Waals surface area contributed by atoms with Gasteiger partial charge in [-0.25, -0.2) is 9.98 Å². The molecule has 0 unspecified atom stereocenters. The summed E-state index contributed by atoms with van der Waals surface area (Å²) in [4.78, 5) is 15.5. The normalized spacial score (nSPS) is 17.3. The number of nitrogens with zero attached hydrogens (tertiary/aromatic N) is 4. The van der Waals surface area contributed by atoms with Crippen molar-refractivity contribution >= 4 is 29.6 Å². The molecular formula is C16H14N6O. The van der Waals surface area contributed by atoms with Gasteiger partial charge < -0.3 is 15.4 Å². The Balaban J connectivity index is 1.62. The van der Waals surface area contributed by atoms with Crippen LogP contribution in [0.3, 0.4) is 0 Å². The molecule has 4 rings (SSSR count). The first-order valence-corrected chi connectivity index (χ1v) is 7.42. The summed E-state index contributed by atoms with van der Waals surface area (Å²) < 4.78 is 0. The number of hydrogen-bond acceptors (Lipinski definition) is 6. The first-order chi connectivity index (χ1) is 11.2. The molecule has 0 saturated heterocycles. The van der Waals surface area contributed by atoms with Crippen molar-refractivity contribution in [1.82, 2.24) is 15.0 Å². The number of aromatic hydroxyl groups is 1. The number of H-pyrrole nitrogens is 1. The van der Waals surface area contributed by atoms with E-state index >= 15 is 0 Å². The molecule has 7 heteroatoms. The average molecular weight is 306 g/mol. The molecule has 1 aliphatic heterocycles. The fraction of sp³-hybridized carbons (Fsp3) is 0.250. The predicted molar refractivity (Wildman–Crippen MR) is 86.4 cm³/mol. The highest BCUT2D eigenvalue weighted by Gasteiger charge is 2.21. The fourth-order valence-corrected chi connectivity index (χ4v) is 2.43. The van der Waals surface area contributed by atoms with Gasteiger partial charge in [0.2, 0.25) is 11.8 Å². The predicted octanol–water partition coefficient (Wildman–Crippen LogP) is 2.46. The molecule has 0 atom stereocenters. The number of nitrogens with one attached hydrogen (secondary N) is 2. The molecule has 2 aromatic heterocycles. The van der Waals surface area contributed by atoms with Gasteiger partial charge in [0.05, 0.1) is 5.56 Å². The van der Waals surface area contributed by atoms with Gasteiger partial charge in [-0.05, 0) is 30.9 Å². The van der Waals surface area contributed by atoms with Gasteiger partial charge in [-0.3, -0.25) is 0 Å². The highest BCUT2D eigenvalue weighted by atomic mass is 16.3. The van der Waals surface area contributed by atoms with E-state index in [0.717, 1.165) is 17.7 Å². The molecule has 114 valence electrons. The van der Waals surface area contributed by atoms with Gasteiger partial charge >= 0.3 is 0 Å². The summed E-state index contributed by atoms with van der Waals surface area (Å²) in [6.45, 7) is 0.864. The van der Waals surface area contributed by atoms with Crippen LogP contribution in [0.5, 0.6) is 5.88 Å². The molecule has 3 N–H and O–H groups in total.